The number of nitrogens with two attached hydrogens (primary N) is 1. The molecule has 1 unspecified atom stereocenters. The van der Waals surface area contributed by atoms with Crippen LogP contribution in [-0.4, -0.2) is 10.1 Å². The molecule has 0 spiro atoms. The molecule has 22 heavy (non-hydrogen) atoms. The van der Waals surface area contributed by atoms with Gasteiger partial charge in [0.2, 0.25) is 0 Å². The van der Waals surface area contributed by atoms with Crippen LogP contribution in [0.25, 0.3) is 4.91 Å². The highest BCUT2D eigenvalue weighted by Gasteiger charge is 2.19. The number of benzene rings is 2. The predicted octanol–water partition coefficient (Wildman–Crippen LogP) is 3.74. The Hall–Kier alpha value is -2.60. The molecule has 0 amide bonds. The molecule has 0 bridgehead atoms. The first-order valence-electron chi connectivity index (χ1n) is 6.66. The van der Waals surface area contributed by atoms with Gasteiger partial charge in [-0.25, -0.2) is 0 Å². The molecule has 1 aliphatic rings. The molecule has 3 rings (SSSR count). The van der Waals surface area contributed by atoms with Gasteiger partial charge < -0.3 is 5.73 Å². The molecular weight excluding hydrogens is 298 g/mol. The Bertz CT molecular complexity index is 772. The first kappa shape index (κ1) is 14.3. The summed E-state index contributed by atoms with van der Waals surface area (Å²) in [7, 11) is 0. The normalized spacial score (nSPS) is 17.5. The Kier molecular flexibility index (Phi) is 3.93. The van der Waals surface area contributed by atoms with Gasteiger partial charge in [-0.15, -0.1) is 0 Å². The van der Waals surface area contributed by atoms with Crippen LogP contribution < -0.4 is 5.73 Å². The average Bonchev–Trinajstić information content (AvgIpc) is 2.55. The van der Waals surface area contributed by atoms with E-state index in [1.54, 1.807) is 6.07 Å². The molecule has 2 aromatic rings. The van der Waals surface area contributed by atoms with Crippen LogP contribution in [0.15, 0.2) is 65.7 Å². The zero-order chi connectivity index (χ0) is 15.5. The maximum atomic E-state index is 10.9. The second-order valence-corrected chi connectivity index (χ2v) is 5.83. The molecule has 5 nitrogen and oxygen atoms in total. The van der Waals surface area contributed by atoms with Gasteiger partial charge in [0, 0.05) is 17.0 Å². The minimum Gasteiger partial charge on any atom is -0.378 e. The van der Waals surface area contributed by atoms with E-state index in [2.05, 4.69) is 4.99 Å². The summed E-state index contributed by atoms with van der Waals surface area (Å²) in [5.74, 6) is 0. The van der Waals surface area contributed by atoms with Crippen molar-refractivity contribution in [3.8, 4) is 0 Å². The molecule has 2 aromatic carbocycles. The van der Waals surface area contributed by atoms with Crippen molar-refractivity contribution >= 4 is 27.5 Å². The molecular formula is C16H13N3O2S. The Labute approximate surface area is 131 Å². The van der Waals surface area contributed by atoms with E-state index in [1.165, 1.54) is 23.9 Å². The topological polar surface area (TPSA) is 81.5 Å². The molecule has 0 fully saturated rings. The van der Waals surface area contributed by atoms with Gasteiger partial charge in [-0.3, -0.25) is 15.1 Å². The fourth-order valence-electron chi connectivity index (χ4n) is 2.24. The molecule has 6 heteroatoms. The Morgan fingerprint density at radius 3 is 2.64 bits per heavy atom. The van der Waals surface area contributed by atoms with E-state index in [0.717, 1.165) is 16.0 Å². The number of rotatable bonds is 3. The van der Waals surface area contributed by atoms with Gasteiger partial charge in [-0.2, -0.15) is 0 Å². The van der Waals surface area contributed by atoms with E-state index in [9.17, 15) is 10.1 Å². The lowest BCUT2D eigenvalue weighted by atomic mass is 10.0. The standard InChI is InChI=1S/C16H13N3O2S/c17-16-18-14(12-7-4-8-13(9-12)19(20)21)10-15(22-16)11-5-2-1-3-6-11/h1-10,14H,(H2,17,18). The number of nitrogens with zero attached hydrogens (tertiary/aromatic N) is 2. The summed E-state index contributed by atoms with van der Waals surface area (Å²) in [4.78, 5) is 15.9. The van der Waals surface area contributed by atoms with Crippen LogP contribution >= 0.6 is 11.8 Å². The lowest BCUT2D eigenvalue weighted by Crippen LogP contribution is -2.12. The summed E-state index contributed by atoms with van der Waals surface area (Å²) in [5.41, 5.74) is 7.79. The first-order chi connectivity index (χ1) is 10.6. The Morgan fingerprint density at radius 1 is 1.14 bits per heavy atom. The molecule has 0 saturated heterocycles. The lowest BCUT2D eigenvalue weighted by molar-refractivity contribution is -0.384. The van der Waals surface area contributed by atoms with Gasteiger partial charge in [0.25, 0.3) is 5.69 Å². The molecule has 0 aromatic heterocycles. The molecule has 0 radical (unpaired) electrons. The highest BCUT2D eigenvalue weighted by Crippen LogP contribution is 2.37. The van der Waals surface area contributed by atoms with Crippen molar-refractivity contribution in [1.82, 2.24) is 0 Å². The smallest absolute Gasteiger partial charge is 0.269 e. The average molecular weight is 311 g/mol. The summed E-state index contributed by atoms with van der Waals surface area (Å²) in [6.07, 6.45) is 1.98. The summed E-state index contributed by atoms with van der Waals surface area (Å²) in [6, 6.07) is 16.1. The van der Waals surface area contributed by atoms with E-state index in [1.807, 2.05) is 42.5 Å². The van der Waals surface area contributed by atoms with Crippen molar-refractivity contribution in [1.29, 1.82) is 0 Å². The van der Waals surface area contributed by atoms with Gasteiger partial charge in [0.05, 0.1) is 11.0 Å². The third-order valence-electron chi connectivity index (χ3n) is 3.27. The number of nitro benzene ring substituents is 1. The lowest BCUT2D eigenvalue weighted by Gasteiger charge is -2.18. The largest absolute Gasteiger partial charge is 0.378 e. The van der Waals surface area contributed by atoms with Crippen LogP contribution in [0.5, 0.6) is 0 Å². The summed E-state index contributed by atoms with van der Waals surface area (Å²) < 4.78 is 0. The first-order valence-corrected chi connectivity index (χ1v) is 7.48. The van der Waals surface area contributed by atoms with Crippen molar-refractivity contribution in [3.05, 3.63) is 81.9 Å². The number of amidine groups is 1. The number of aliphatic imine (C=N–C) groups is 1. The van der Waals surface area contributed by atoms with Gasteiger partial charge in [-0.1, -0.05) is 54.2 Å². The third kappa shape index (κ3) is 3.01. The number of non-ortho nitro benzene ring substituents is 1. The van der Waals surface area contributed by atoms with Crippen LogP contribution in [0.1, 0.15) is 17.2 Å². The number of thioether (sulfide) groups is 1. The molecule has 110 valence electrons. The second-order valence-electron chi connectivity index (χ2n) is 4.76. The monoisotopic (exact) mass is 311 g/mol. The maximum absolute atomic E-state index is 10.9. The van der Waals surface area contributed by atoms with Crippen LogP contribution in [0.3, 0.4) is 0 Å². The SMILES string of the molecule is NC1=NC(c2cccc([N+](=O)[O-])c2)C=C(c2ccccc2)S1. The summed E-state index contributed by atoms with van der Waals surface area (Å²) >= 11 is 1.40. The van der Waals surface area contributed by atoms with E-state index in [0.29, 0.717) is 5.17 Å². The third-order valence-corrected chi connectivity index (χ3v) is 4.18. The van der Waals surface area contributed by atoms with Crippen LogP contribution in [0.2, 0.25) is 0 Å². The Balaban J connectivity index is 1.99. The van der Waals surface area contributed by atoms with Crippen LogP contribution in [0, 0.1) is 10.1 Å². The van der Waals surface area contributed by atoms with Crippen molar-refractivity contribution in [3.63, 3.8) is 0 Å². The van der Waals surface area contributed by atoms with Crippen LogP contribution in [0.4, 0.5) is 5.69 Å². The van der Waals surface area contributed by atoms with Crippen LogP contribution in [-0.2, 0) is 0 Å². The summed E-state index contributed by atoms with van der Waals surface area (Å²) in [6.45, 7) is 0. The van der Waals surface area contributed by atoms with Gasteiger partial charge in [-0.05, 0) is 17.2 Å². The predicted molar refractivity (Wildman–Crippen MR) is 89.5 cm³/mol. The highest BCUT2D eigenvalue weighted by molar-refractivity contribution is 8.21. The van der Waals surface area contributed by atoms with E-state index in [4.69, 9.17) is 5.73 Å². The fraction of sp³-hybridized carbons (Fsp3) is 0.0625. The Morgan fingerprint density at radius 2 is 1.91 bits per heavy atom. The number of hydrogen-bond donors (Lipinski definition) is 1. The van der Waals surface area contributed by atoms with Crippen molar-refractivity contribution in [2.75, 3.05) is 0 Å². The molecule has 1 heterocycles. The number of nitro groups is 1. The van der Waals surface area contributed by atoms with E-state index >= 15 is 0 Å². The highest BCUT2D eigenvalue weighted by atomic mass is 32.2. The quantitative estimate of drug-likeness (QED) is 0.691. The van der Waals surface area contributed by atoms with Gasteiger partial charge in [0.1, 0.15) is 0 Å². The number of hydrogen-bond acceptors (Lipinski definition) is 5. The fourth-order valence-corrected chi connectivity index (χ4v) is 3.08. The van der Waals surface area contributed by atoms with Gasteiger partial charge in [0.15, 0.2) is 5.17 Å². The minimum atomic E-state index is -0.407. The molecule has 0 aliphatic carbocycles. The van der Waals surface area contributed by atoms with Crippen molar-refractivity contribution < 1.29 is 4.92 Å². The zero-order valence-electron chi connectivity index (χ0n) is 11.5. The molecule has 0 saturated carbocycles. The van der Waals surface area contributed by atoms with E-state index in [-0.39, 0.29) is 11.7 Å². The van der Waals surface area contributed by atoms with E-state index < -0.39 is 4.92 Å². The molecule has 1 aliphatic heterocycles. The summed E-state index contributed by atoms with van der Waals surface area (Å²) in [5, 5.41) is 11.4. The second kappa shape index (κ2) is 6.03. The van der Waals surface area contributed by atoms with Crippen molar-refractivity contribution in [2.45, 2.75) is 6.04 Å². The zero-order valence-corrected chi connectivity index (χ0v) is 12.4. The molecule has 2 N–H and O–H groups in total. The molecule has 1 atom stereocenters. The van der Waals surface area contributed by atoms with Crippen molar-refractivity contribution in [2.24, 2.45) is 10.7 Å². The maximum Gasteiger partial charge on any atom is 0.269 e. The minimum absolute atomic E-state index is 0.0548. The van der Waals surface area contributed by atoms with Gasteiger partial charge >= 0.3 is 0 Å².